The van der Waals surface area contributed by atoms with E-state index in [0.717, 1.165) is 5.56 Å². The molecule has 0 spiro atoms. The SMILES string of the molecule is Cc1ccccc1O.[BiH3]. The third kappa shape index (κ3) is 2.32. The number of para-hydroxylation sites is 1. The summed E-state index contributed by atoms with van der Waals surface area (Å²) in [6.45, 7) is 1.87. The van der Waals surface area contributed by atoms with Gasteiger partial charge in [0.1, 0.15) is 5.75 Å². The molecule has 0 saturated carbocycles. The van der Waals surface area contributed by atoms with Crippen molar-refractivity contribution in [3.63, 3.8) is 0 Å². The first-order chi connectivity index (χ1) is 3.80. The van der Waals surface area contributed by atoms with Crippen LogP contribution in [-0.4, -0.2) is 31.3 Å². The molecule has 0 fully saturated rings. The Kier molecular flexibility index (Phi) is 3.80. The third-order valence-corrected chi connectivity index (χ3v) is 1.12. The summed E-state index contributed by atoms with van der Waals surface area (Å²) in [5.41, 5.74) is 0.924. The van der Waals surface area contributed by atoms with Crippen LogP contribution in [0.3, 0.4) is 0 Å². The fourth-order valence-electron chi connectivity index (χ4n) is 0.563. The molecule has 1 N–H and O–H groups in total. The van der Waals surface area contributed by atoms with E-state index in [1.165, 1.54) is 0 Å². The number of hydrogen-bond donors (Lipinski definition) is 1. The van der Waals surface area contributed by atoms with Gasteiger partial charge in [-0.2, -0.15) is 0 Å². The topological polar surface area (TPSA) is 20.2 Å². The van der Waals surface area contributed by atoms with Crippen molar-refractivity contribution in [3.8, 4) is 5.75 Å². The average Bonchev–Trinajstić information content (AvgIpc) is 1.77. The van der Waals surface area contributed by atoms with Crippen molar-refractivity contribution in [2.45, 2.75) is 6.92 Å². The molecule has 0 aliphatic carbocycles. The zero-order chi connectivity index (χ0) is 5.98. The fourth-order valence-corrected chi connectivity index (χ4v) is 0.563. The second-order valence-electron chi connectivity index (χ2n) is 1.79. The number of aryl methyl sites for hydroxylation is 1. The molecule has 0 aliphatic heterocycles. The van der Waals surface area contributed by atoms with Crippen LogP contribution in [0.15, 0.2) is 24.3 Å². The molecular formula is C7H11BiO. The standard InChI is InChI=1S/C7H8O.Bi.3H/c1-6-4-2-3-5-7(6)8;;;;/h2-5,8H,1H3;;;;. The van der Waals surface area contributed by atoms with Gasteiger partial charge in [-0.1, -0.05) is 18.2 Å². The van der Waals surface area contributed by atoms with Crippen LogP contribution in [-0.2, 0) is 0 Å². The van der Waals surface area contributed by atoms with Crippen LogP contribution in [0.2, 0.25) is 0 Å². The summed E-state index contributed by atoms with van der Waals surface area (Å²) in [4.78, 5) is 0. The van der Waals surface area contributed by atoms with Crippen molar-refractivity contribution in [1.82, 2.24) is 0 Å². The maximum absolute atomic E-state index is 8.92. The molecule has 1 nitrogen and oxygen atoms in total. The van der Waals surface area contributed by atoms with Crippen LogP contribution in [0.25, 0.3) is 0 Å². The summed E-state index contributed by atoms with van der Waals surface area (Å²) in [6, 6.07) is 7.25. The average molecular weight is 320 g/mol. The van der Waals surface area contributed by atoms with Gasteiger partial charge < -0.3 is 5.11 Å². The fraction of sp³-hybridized carbons (Fsp3) is 0.143. The molecule has 1 rings (SSSR count). The van der Waals surface area contributed by atoms with Crippen LogP contribution in [0.4, 0.5) is 0 Å². The van der Waals surface area contributed by atoms with Crippen molar-refractivity contribution in [2.24, 2.45) is 0 Å². The van der Waals surface area contributed by atoms with E-state index in [1.807, 2.05) is 25.1 Å². The molecule has 1 aromatic carbocycles. The van der Waals surface area contributed by atoms with Gasteiger partial charge >= 0.3 is 26.2 Å². The van der Waals surface area contributed by atoms with Gasteiger partial charge in [-0.25, -0.2) is 0 Å². The van der Waals surface area contributed by atoms with Gasteiger partial charge in [0.2, 0.25) is 0 Å². The number of aromatic hydroxyl groups is 1. The minimum atomic E-state index is 0. The van der Waals surface area contributed by atoms with E-state index in [1.54, 1.807) is 6.07 Å². The van der Waals surface area contributed by atoms with Gasteiger partial charge in [-0.15, -0.1) is 0 Å². The zero-order valence-electron chi connectivity index (χ0n) is 5.46. The number of benzene rings is 1. The summed E-state index contributed by atoms with van der Waals surface area (Å²) in [5.74, 6) is 0.368. The summed E-state index contributed by atoms with van der Waals surface area (Å²) in [6.07, 6.45) is 0. The van der Waals surface area contributed by atoms with E-state index < -0.39 is 0 Å². The van der Waals surface area contributed by atoms with Crippen LogP contribution in [0, 0.1) is 6.92 Å². The van der Waals surface area contributed by atoms with Gasteiger partial charge in [0.05, 0.1) is 0 Å². The Morgan fingerprint density at radius 1 is 1.22 bits per heavy atom. The molecule has 50 valence electrons. The molecule has 0 saturated heterocycles. The first-order valence-corrected chi connectivity index (χ1v) is 2.55. The number of rotatable bonds is 0. The first kappa shape index (κ1) is 8.90. The van der Waals surface area contributed by atoms with E-state index in [4.69, 9.17) is 5.11 Å². The number of phenolic OH excluding ortho intramolecular Hbond substituents is 1. The van der Waals surface area contributed by atoms with Gasteiger partial charge in [0.15, 0.2) is 0 Å². The number of phenols is 1. The van der Waals surface area contributed by atoms with E-state index in [-0.39, 0.29) is 26.2 Å². The molecule has 0 unspecified atom stereocenters. The number of hydrogen-bond acceptors (Lipinski definition) is 1. The molecule has 0 aromatic heterocycles. The second-order valence-corrected chi connectivity index (χ2v) is 1.79. The van der Waals surface area contributed by atoms with E-state index in [0.29, 0.717) is 5.75 Å². The Morgan fingerprint density at radius 3 is 2.11 bits per heavy atom. The van der Waals surface area contributed by atoms with E-state index in [2.05, 4.69) is 0 Å². The minimum absolute atomic E-state index is 0. The van der Waals surface area contributed by atoms with Crippen molar-refractivity contribution in [1.29, 1.82) is 0 Å². The Morgan fingerprint density at radius 2 is 1.78 bits per heavy atom. The molecule has 0 atom stereocenters. The molecule has 9 heavy (non-hydrogen) atoms. The Balaban J connectivity index is 0.000000640. The molecule has 1 aromatic rings. The van der Waals surface area contributed by atoms with Crippen molar-refractivity contribution < 1.29 is 5.11 Å². The third-order valence-electron chi connectivity index (χ3n) is 1.12. The Bertz CT molecular complexity index is 165. The second kappa shape index (κ2) is 3.84. The molecule has 0 aliphatic rings. The monoisotopic (exact) mass is 320 g/mol. The molecule has 0 amide bonds. The van der Waals surface area contributed by atoms with Crippen LogP contribution in [0.1, 0.15) is 5.56 Å². The van der Waals surface area contributed by atoms with Gasteiger partial charge in [-0.05, 0) is 18.6 Å². The molecule has 0 radical (unpaired) electrons. The predicted molar refractivity (Wildman–Crippen MR) is 42.8 cm³/mol. The normalized spacial score (nSPS) is 8.11. The van der Waals surface area contributed by atoms with E-state index in [9.17, 15) is 0 Å². The van der Waals surface area contributed by atoms with E-state index >= 15 is 0 Å². The van der Waals surface area contributed by atoms with Crippen LogP contribution in [0.5, 0.6) is 5.75 Å². The molecule has 2 heteroatoms. The zero-order valence-corrected chi connectivity index (χ0v) is 11.0. The predicted octanol–water partition coefficient (Wildman–Crippen LogP) is 0.517. The maximum atomic E-state index is 8.92. The van der Waals surface area contributed by atoms with Gasteiger partial charge in [-0.3, -0.25) is 0 Å². The van der Waals surface area contributed by atoms with Crippen molar-refractivity contribution in [3.05, 3.63) is 29.8 Å². The van der Waals surface area contributed by atoms with Gasteiger partial charge in [0, 0.05) is 0 Å². The summed E-state index contributed by atoms with van der Waals surface area (Å²) in [7, 11) is 0. The summed E-state index contributed by atoms with van der Waals surface area (Å²) in [5, 5.41) is 8.92. The van der Waals surface area contributed by atoms with Crippen LogP contribution >= 0.6 is 0 Å². The molecular weight excluding hydrogens is 309 g/mol. The van der Waals surface area contributed by atoms with Crippen molar-refractivity contribution in [2.75, 3.05) is 0 Å². The molecule has 0 bridgehead atoms. The van der Waals surface area contributed by atoms with Gasteiger partial charge in [0.25, 0.3) is 0 Å². The van der Waals surface area contributed by atoms with Crippen molar-refractivity contribution >= 4 is 26.2 Å². The van der Waals surface area contributed by atoms with Crippen LogP contribution < -0.4 is 0 Å². The summed E-state index contributed by atoms with van der Waals surface area (Å²) >= 11 is 0. The molecule has 0 heterocycles. The Hall–Kier alpha value is -0.0969. The quantitative estimate of drug-likeness (QED) is 0.691. The Labute approximate surface area is 73.8 Å². The summed E-state index contributed by atoms with van der Waals surface area (Å²) < 4.78 is 0. The first-order valence-electron chi connectivity index (χ1n) is 2.55.